The molecule has 0 amide bonds. The summed E-state index contributed by atoms with van der Waals surface area (Å²) in [5, 5.41) is 10.4. The molecule has 0 aliphatic carbocycles. The van der Waals surface area contributed by atoms with Gasteiger partial charge in [-0.25, -0.2) is 0 Å². The molecular formula is C11H25N3. The summed E-state index contributed by atoms with van der Waals surface area (Å²) in [5.41, 5.74) is 0.269. The first-order chi connectivity index (χ1) is 6.64. The third kappa shape index (κ3) is 4.40. The fraction of sp³-hybridized carbons (Fsp3) is 1.00. The van der Waals surface area contributed by atoms with Crippen molar-refractivity contribution in [2.45, 2.75) is 44.7 Å². The Morgan fingerprint density at radius 2 is 1.93 bits per heavy atom. The van der Waals surface area contributed by atoms with Crippen LogP contribution in [0.1, 0.15) is 33.1 Å². The van der Waals surface area contributed by atoms with Crippen LogP contribution in [-0.2, 0) is 0 Å². The zero-order valence-electron chi connectivity index (χ0n) is 9.82. The molecule has 84 valence electrons. The van der Waals surface area contributed by atoms with Crippen molar-refractivity contribution in [1.82, 2.24) is 16.0 Å². The lowest BCUT2D eigenvalue weighted by Gasteiger charge is -2.34. The highest BCUT2D eigenvalue weighted by Crippen LogP contribution is 2.12. The molecule has 0 saturated carbocycles. The van der Waals surface area contributed by atoms with Crippen LogP contribution in [0.3, 0.4) is 0 Å². The van der Waals surface area contributed by atoms with E-state index in [1.165, 1.54) is 32.4 Å². The van der Waals surface area contributed by atoms with Crippen LogP contribution in [0.15, 0.2) is 0 Å². The first-order valence-electron chi connectivity index (χ1n) is 5.77. The lowest BCUT2D eigenvalue weighted by molar-refractivity contribution is 0.273. The van der Waals surface area contributed by atoms with Crippen molar-refractivity contribution in [1.29, 1.82) is 0 Å². The van der Waals surface area contributed by atoms with Crippen molar-refractivity contribution >= 4 is 0 Å². The van der Waals surface area contributed by atoms with Crippen LogP contribution in [0, 0.1) is 0 Å². The number of nitrogens with one attached hydrogen (secondary N) is 3. The van der Waals surface area contributed by atoms with Gasteiger partial charge in [0.15, 0.2) is 0 Å². The predicted molar refractivity (Wildman–Crippen MR) is 61.7 cm³/mol. The molecule has 0 unspecified atom stereocenters. The number of rotatable bonds is 5. The maximum absolute atomic E-state index is 3.75. The topological polar surface area (TPSA) is 36.1 Å². The van der Waals surface area contributed by atoms with Gasteiger partial charge in [-0.05, 0) is 59.8 Å². The van der Waals surface area contributed by atoms with Crippen LogP contribution in [0.25, 0.3) is 0 Å². The second-order valence-electron chi connectivity index (χ2n) is 4.91. The summed E-state index contributed by atoms with van der Waals surface area (Å²) in [4.78, 5) is 0. The van der Waals surface area contributed by atoms with Gasteiger partial charge in [0.2, 0.25) is 0 Å². The Balaban J connectivity index is 2.25. The van der Waals surface area contributed by atoms with Gasteiger partial charge >= 0.3 is 0 Å². The monoisotopic (exact) mass is 199 g/mol. The van der Waals surface area contributed by atoms with Crippen molar-refractivity contribution < 1.29 is 0 Å². The Morgan fingerprint density at radius 3 is 2.50 bits per heavy atom. The Kier molecular flexibility index (Phi) is 4.85. The summed E-state index contributed by atoms with van der Waals surface area (Å²) in [5.74, 6) is 0. The smallest absolute Gasteiger partial charge is 0.0139 e. The van der Waals surface area contributed by atoms with Crippen molar-refractivity contribution in [2.24, 2.45) is 0 Å². The highest BCUT2D eigenvalue weighted by molar-refractivity contribution is 4.85. The average molecular weight is 199 g/mol. The van der Waals surface area contributed by atoms with E-state index in [-0.39, 0.29) is 5.54 Å². The van der Waals surface area contributed by atoms with E-state index in [4.69, 9.17) is 0 Å². The van der Waals surface area contributed by atoms with E-state index in [0.29, 0.717) is 6.04 Å². The van der Waals surface area contributed by atoms with Crippen molar-refractivity contribution in [3.63, 3.8) is 0 Å². The van der Waals surface area contributed by atoms with Crippen LogP contribution >= 0.6 is 0 Å². The fourth-order valence-corrected chi connectivity index (χ4v) is 2.03. The van der Waals surface area contributed by atoms with E-state index in [2.05, 4.69) is 29.8 Å². The Bertz CT molecular complexity index is 151. The van der Waals surface area contributed by atoms with E-state index in [1.807, 2.05) is 7.05 Å². The number of hydrogen-bond donors (Lipinski definition) is 3. The molecule has 1 fully saturated rings. The predicted octanol–water partition coefficient (Wildman–Crippen LogP) is 0.716. The zero-order valence-corrected chi connectivity index (χ0v) is 9.82. The zero-order chi connectivity index (χ0) is 10.4. The van der Waals surface area contributed by atoms with Gasteiger partial charge in [-0.2, -0.15) is 0 Å². The minimum Gasteiger partial charge on any atom is -0.320 e. The summed E-state index contributed by atoms with van der Waals surface area (Å²) in [7, 11) is 2.01. The molecule has 3 heteroatoms. The molecule has 1 aliphatic heterocycles. The third-order valence-electron chi connectivity index (χ3n) is 2.93. The summed E-state index contributed by atoms with van der Waals surface area (Å²) in [6.45, 7) is 8.02. The molecule has 1 saturated heterocycles. The van der Waals surface area contributed by atoms with E-state index in [9.17, 15) is 0 Å². The largest absolute Gasteiger partial charge is 0.320 e. The average Bonchev–Trinajstić information content (AvgIpc) is 2.16. The third-order valence-corrected chi connectivity index (χ3v) is 2.93. The Hall–Kier alpha value is -0.120. The second-order valence-corrected chi connectivity index (χ2v) is 4.91. The quantitative estimate of drug-likeness (QED) is 0.610. The normalized spacial score (nSPS) is 19.9. The van der Waals surface area contributed by atoms with Gasteiger partial charge in [0.1, 0.15) is 0 Å². The Morgan fingerprint density at radius 1 is 1.29 bits per heavy atom. The summed E-state index contributed by atoms with van der Waals surface area (Å²) in [6.07, 6.45) is 3.72. The lowest BCUT2D eigenvalue weighted by atomic mass is 9.96. The standard InChI is InChI=1S/C11H25N3/c1-11(2,6-9-12-3)14-10-4-7-13-8-5-10/h10,12-14H,4-9H2,1-3H3. The van der Waals surface area contributed by atoms with Gasteiger partial charge in [-0.1, -0.05) is 0 Å². The first kappa shape index (κ1) is 12.0. The van der Waals surface area contributed by atoms with Crippen LogP contribution in [0.5, 0.6) is 0 Å². The highest BCUT2D eigenvalue weighted by Gasteiger charge is 2.22. The molecule has 3 nitrogen and oxygen atoms in total. The Labute approximate surface area is 88.0 Å². The minimum absolute atomic E-state index is 0.269. The van der Waals surface area contributed by atoms with E-state index >= 15 is 0 Å². The lowest BCUT2D eigenvalue weighted by Crippen LogP contribution is -2.50. The van der Waals surface area contributed by atoms with Crippen LogP contribution in [0.2, 0.25) is 0 Å². The first-order valence-corrected chi connectivity index (χ1v) is 5.77. The molecule has 0 radical (unpaired) electrons. The molecule has 3 N–H and O–H groups in total. The van der Waals surface area contributed by atoms with E-state index < -0.39 is 0 Å². The van der Waals surface area contributed by atoms with Gasteiger partial charge in [0, 0.05) is 11.6 Å². The van der Waals surface area contributed by atoms with Crippen LogP contribution in [0.4, 0.5) is 0 Å². The van der Waals surface area contributed by atoms with E-state index in [0.717, 1.165) is 6.54 Å². The summed E-state index contributed by atoms with van der Waals surface area (Å²) < 4.78 is 0. The molecule has 0 atom stereocenters. The van der Waals surface area contributed by atoms with Gasteiger partial charge < -0.3 is 16.0 Å². The molecule has 0 spiro atoms. The molecule has 0 bridgehead atoms. The summed E-state index contributed by atoms with van der Waals surface area (Å²) in [6, 6.07) is 0.711. The molecule has 0 aromatic carbocycles. The van der Waals surface area contributed by atoms with Crippen molar-refractivity contribution in [3.8, 4) is 0 Å². The molecule has 0 aromatic rings. The molecule has 14 heavy (non-hydrogen) atoms. The van der Waals surface area contributed by atoms with Gasteiger partial charge in [-0.15, -0.1) is 0 Å². The highest BCUT2D eigenvalue weighted by atomic mass is 15.0. The van der Waals surface area contributed by atoms with Gasteiger partial charge in [0.25, 0.3) is 0 Å². The van der Waals surface area contributed by atoms with Gasteiger partial charge in [0.05, 0.1) is 0 Å². The second kappa shape index (κ2) is 5.69. The molecule has 0 aromatic heterocycles. The fourth-order valence-electron chi connectivity index (χ4n) is 2.03. The molecular weight excluding hydrogens is 174 g/mol. The number of hydrogen-bond acceptors (Lipinski definition) is 3. The van der Waals surface area contributed by atoms with Crippen molar-refractivity contribution in [2.75, 3.05) is 26.7 Å². The van der Waals surface area contributed by atoms with E-state index in [1.54, 1.807) is 0 Å². The SMILES string of the molecule is CNCCC(C)(C)NC1CCNCC1. The maximum atomic E-state index is 3.75. The van der Waals surface area contributed by atoms with Crippen LogP contribution in [-0.4, -0.2) is 38.3 Å². The van der Waals surface area contributed by atoms with Crippen LogP contribution < -0.4 is 16.0 Å². The molecule has 1 heterocycles. The summed E-state index contributed by atoms with van der Waals surface area (Å²) >= 11 is 0. The van der Waals surface area contributed by atoms with Crippen molar-refractivity contribution in [3.05, 3.63) is 0 Å². The molecule has 1 aliphatic rings. The number of piperidine rings is 1. The minimum atomic E-state index is 0.269. The molecule has 1 rings (SSSR count). The maximum Gasteiger partial charge on any atom is 0.0139 e. The van der Waals surface area contributed by atoms with Gasteiger partial charge in [-0.3, -0.25) is 0 Å².